The Morgan fingerprint density at radius 3 is 3.00 bits per heavy atom. The number of ether oxygens (including phenoxy) is 1. The molecule has 0 unspecified atom stereocenters. The van der Waals surface area contributed by atoms with Crippen molar-refractivity contribution in [1.29, 1.82) is 0 Å². The first-order chi connectivity index (χ1) is 10.8. The number of Topliss-reactive ketones (excluding diaryl/α,β-unsaturated/α-hetero) is 1. The van der Waals surface area contributed by atoms with Gasteiger partial charge in [0.15, 0.2) is 5.78 Å². The normalized spacial score (nSPS) is 20.2. The fourth-order valence-electron chi connectivity index (χ4n) is 3.37. The topological polar surface area (TPSA) is 55.4 Å². The van der Waals surface area contributed by atoms with E-state index in [1.165, 1.54) is 12.8 Å². The predicted octanol–water partition coefficient (Wildman–Crippen LogP) is 2.89. The first kappa shape index (κ1) is 15.2. The first-order valence-corrected chi connectivity index (χ1v) is 8.30. The zero-order valence-electron chi connectivity index (χ0n) is 12.9. The molecular formula is C18H23NO3. The van der Waals surface area contributed by atoms with Gasteiger partial charge in [-0.15, -0.1) is 0 Å². The van der Waals surface area contributed by atoms with Crippen LogP contribution in [0, 0.1) is 0 Å². The van der Waals surface area contributed by atoms with Crippen molar-refractivity contribution < 1.29 is 14.3 Å². The number of hydrogen-bond donors (Lipinski definition) is 1. The van der Waals surface area contributed by atoms with Gasteiger partial charge in [-0.05, 0) is 50.2 Å². The molecule has 1 aromatic carbocycles. The Morgan fingerprint density at radius 1 is 1.27 bits per heavy atom. The maximum atomic E-state index is 12.3. The highest BCUT2D eigenvalue weighted by atomic mass is 16.5. The summed E-state index contributed by atoms with van der Waals surface area (Å²) in [6.45, 7) is 1.59. The summed E-state index contributed by atoms with van der Waals surface area (Å²) in [5.74, 6) is 0.102. The van der Waals surface area contributed by atoms with Crippen molar-refractivity contribution >= 4 is 11.7 Å². The average Bonchev–Trinajstić information content (AvgIpc) is 3.17. The van der Waals surface area contributed by atoms with E-state index in [-0.39, 0.29) is 11.7 Å². The fraction of sp³-hybridized carbons (Fsp3) is 0.556. The highest BCUT2D eigenvalue weighted by Gasteiger charge is 2.24. The minimum atomic E-state index is -0.0522. The second-order valence-electron chi connectivity index (χ2n) is 6.14. The van der Waals surface area contributed by atoms with Crippen molar-refractivity contribution in [2.24, 2.45) is 0 Å². The predicted molar refractivity (Wildman–Crippen MR) is 84.3 cm³/mol. The minimum absolute atomic E-state index is 0.0522. The molecule has 0 aromatic heterocycles. The van der Waals surface area contributed by atoms with Crippen LogP contribution in [0.3, 0.4) is 0 Å². The Hall–Kier alpha value is -1.68. The quantitative estimate of drug-likeness (QED) is 0.822. The Labute approximate surface area is 131 Å². The second-order valence-corrected chi connectivity index (χ2v) is 6.14. The van der Waals surface area contributed by atoms with E-state index >= 15 is 0 Å². The van der Waals surface area contributed by atoms with E-state index in [2.05, 4.69) is 5.32 Å². The summed E-state index contributed by atoms with van der Waals surface area (Å²) in [5, 5.41) is 2.98. The molecule has 0 saturated carbocycles. The molecule has 1 heterocycles. The van der Waals surface area contributed by atoms with Crippen LogP contribution >= 0.6 is 0 Å². The van der Waals surface area contributed by atoms with E-state index in [0.717, 1.165) is 37.0 Å². The van der Waals surface area contributed by atoms with Crippen molar-refractivity contribution in [2.75, 3.05) is 13.2 Å². The number of fused-ring (bicyclic) bond motifs is 1. The molecule has 2 aliphatic rings. The molecule has 1 atom stereocenters. The Bertz CT molecular complexity index is 561. The maximum Gasteiger partial charge on any atom is 0.251 e. The van der Waals surface area contributed by atoms with Gasteiger partial charge in [-0.25, -0.2) is 0 Å². The van der Waals surface area contributed by atoms with Gasteiger partial charge in [-0.1, -0.05) is 12.1 Å². The van der Waals surface area contributed by atoms with Crippen molar-refractivity contribution in [3.8, 4) is 0 Å². The average molecular weight is 301 g/mol. The molecule has 1 saturated heterocycles. The summed E-state index contributed by atoms with van der Waals surface area (Å²) in [4.78, 5) is 24.0. The van der Waals surface area contributed by atoms with Crippen LogP contribution < -0.4 is 5.32 Å². The summed E-state index contributed by atoms with van der Waals surface area (Å²) < 4.78 is 5.59. The van der Waals surface area contributed by atoms with Gasteiger partial charge < -0.3 is 10.1 Å². The lowest BCUT2D eigenvalue weighted by Gasteiger charge is -2.10. The fourth-order valence-corrected chi connectivity index (χ4v) is 3.37. The molecule has 118 valence electrons. The molecule has 1 amide bonds. The molecule has 4 nitrogen and oxygen atoms in total. The number of benzene rings is 1. The highest BCUT2D eigenvalue weighted by Crippen LogP contribution is 2.25. The number of carbonyl (C=O) groups is 2. The van der Waals surface area contributed by atoms with Gasteiger partial charge in [-0.3, -0.25) is 9.59 Å². The van der Waals surface area contributed by atoms with Crippen LogP contribution in [0.25, 0.3) is 0 Å². The first-order valence-electron chi connectivity index (χ1n) is 8.30. The molecule has 1 fully saturated rings. The number of unbranched alkanes of at least 4 members (excludes halogenated alkanes) is 1. The highest BCUT2D eigenvalue weighted by molar-refractivity contribution is 6.05. The summed E-state index contributed by atoms with van der Waals surface area (Å²) in [6, 6.07) is 5.44. The van der Waals surface area contributed by atoms with Crippen molar-refractivity contribution in [3.05, 3.63) is 34.9 Å². The van der Waals surface area contributed by atoms with Gasteiger partial charge in [0, 0.05) is 30.7 Å². The molecule has 0 spiro atoms. The molecule has 4 heteroatoms. The number of rotatable bonds is 6. The molecule has 0 bridgehead atoms. The smallest absolute Gasteiger partial charge is 0.251 e. The van der Waals surface area contributed by atoms with Crippen LogP contribution in [0.2, 0.25) is 0 Å². The van der Waals surface area contributed by atoms with Gasteiger partial charge in [-0.2, -0.15) is 0 Å². The SMILES string of the molecule is O=C1CCc2c1cccc2C(=O)NCCCC[C@H]1CCCO1. The van der Waals surface area contributed by atoms with Crippen LogP contribution in [0.1, 0.15) is 64.8 Å². The van der Waals surface area contributed by atoms with E-state index in [1.54, 1.807) is 6.07 Å². The monoisotopic (exact) mass is 301 g/mol. The van der Waals surface area contributed by atoms with Crippen molar-refractivity contribution in [1.82, 2.24) is 5.32 Å². The lowest BCUT2D eigenvalue weighted by molar-refractivity contribution is 0.0945. The summed E-state index contributed by atoms with van der Waals surface area (Å²) in [6.07, 6.45) is 7.15. The Balaban J connectivity index is 1.45. The summed E-state index contributed by atoms with van der Waals surface area (Å²) >= 11 is 0. The molecule has 3 rings (SSSR count). The van der Waals surface area contributed by atoms with Gasteiger partial charge in [0.25, 0.3) is 5.91 Å². The van der Waals surface area contributed by atoms with Crippen LogP contribution in [0.15, 0.2) is 18.2 Å². The molecular weight excluding hydrogens is 278 g/mol. The third-order valence-corrected chi connectivity index (χ3v) is 4.59. The molecule has 22 heavy (non-hydrogen) atoms. The number of nitrogens with one attached hydrogen (secondary N) is 1. The Kier molecular flexibility index (Phi) is 4.88. The number of amides is 1. The number of ketones is 1. The molecule has 1 aliphatic heterocycles. The van der Waals surface area contributed by atoms with E-state index in [1.807, 2.05) is 12.1 Å². The van der Waals surface area contributed by atoms with Crippen LogP contribution in [-0.4, -0.2) is 30.9 Å². The zero-order chi connectivity index (χ0) is 15.4. The summed E-state index contributed by atoms with van der Waals surface area (Å²) in [5.41, 5.74) is 2.32. The third-order valence-electron chi connectivity index (χ3n) is 4.59. The summed E-state index contributed by atoms with van der Waals surface area (Å²) in [7, 11) is 0. The molecule has 1 aliphatic carbocycles. The maximum absolute atomic E-state index is 12.3. The number of hydrogen-bond acceptors (Lipinski definition) is 3. The van der Waals surface area contributed by atoms with Crippen LogP contribution in [-0.2, 0) is 11.2 Å². The lowest BCUT2D eigenvalue weighted by Crippen LogP contribution is -2.25. The second kappa shape index (κ2) is 7.05. The zero-order valence-corrected chi connectivity index (χ0v) is 12.9. The van der Waals surface area contributed by atoms with Gasteiger partial charge in [0.1, 0.15) is 0 Å². The van der Waals surface area contributed by atoms with E-state index in [0.29, 0.717) is 31.1 Å². The van der Waals surface area contributed by atoms with Crippen LogP contribution in [0.5, 0.6) is 0 Å². The lowest BCUT2D eigenvalue weighted by atomic mass is 10.0. The molecule has 1 aromatic rings. The van der Waals surface area contributed by atoms with Gasteiger partial charge in [0.2, 0.25) is 0 Å². The largest absolute Gasteiger partial charge is 0.378 e. The van der Waals surface area contributed by atoms with E-state index < -0.39 is 0 Å². The van der Waals surface area contributed by atoms with Crippen LogP contribution in [0.4, 0.5) is 0 Å². The van der Waals surface area contributed by atoms with E-state index in [9.17, 15) is 9.59 Å². The van der Waals surface area contributed by atoms with Crippen molar-refractivity contribution in [3.63, 3.8) is 0 Å². The van der Waals surface area contributed by atoms with E-state index in [4.69, 9.17) is 4.74 Å². The molecule has 1 N–H and O–H groups in total. The van der Waals surface area contributed by atoms with Gasteiger partial charge >= 0.3 is 0 Å². The standard InChI is InChI=1S/C18H23NO3/c20-17-10-9-14-15(17)7-3-8-16(14)18(21)19-11-2-1-5-13-6-4-12-22-13/h3,7-8,13H,1-2,4-6,9-12H2,(H,19,21)/t13-/m0/s1. The van der Waals surface area contributed by atoms with Crippen molar-refractivity contribution in [2.45, 2.75) is 51.0 Å². The minimum Gasteiger partial charge on any atom is -0.378 e. The van der Waals surface area contributed by atoms with Gasteiger partial charge in [0.05, 0.1) is 6.10 Å². The number of carbonyl (C=O) groups excluding carboxylic acids is 2. The molecule has 0 radical (unpaired) electrons. The third kappa shape index (κ3) is 3.38. The Morgan fingerprint density at radius 2 is 2.18 bits per heavy atom.